The van der Waals surface area contributed by atoms with E-state index in [1.807, 2.05) is 30.3 Å². The van der Waals surface area contributed by atoms with Crippen molar-refractivity contribution >= 4 is 23.2 Å². The number of hydrogen-bond donors (Lipinski definition) is 3. The van der Waals surface area contributed by atoms with E-state index in [-0.39, 0.29) is 5.91 Å². The van der Waals surface area contributed by atoms with Crippen LogP contribution < -0.4 is 16.6 Å². The van der Waals surface area contributed by atoms with Gasteiger partial charge in [-0.2, -0.15) is 0 Å². The highest BCUT2D eigenvalue weighted by Crippen LogP contribution is 2.19. The number of halogens is 1. The number of amides is 1. The van der Waals surface area contributed by atoms with Gasteiger partial charge in [0, 0.05) is 11.6 Å². The Morgan fingerprint density at radius 1 is 1.16 bits per heavy atom. The van der Waals surface area contributed by atoms with Crippen molar-refractivity contribution in [2.24, 2.45) is 5.84 Å². The Hall–Kier alpha value is -2.04. The molecule has 0 aliphatic heterocycles. The standard InChI is InChI=1S/C14H14ClN3O/c15-11-6-7-13(18-16)12(8-11)14(19)17-9-10-4-2-1-3-5-10/h1-8,18H,9,16H2,(H,17,19). The van der Waals surface area contributed by atoms with Crippen LogP contribution in [0, 0.1) is 0 Å². The van der Waals surface area contributed by atoms with Crippen LogP contribution in [0.2, 0.25) is 5.02 Å². The fourth-order valence-corrected chi connectivity index (χ4v) is 1.88. The molecule has 0 fully saturated rings. The SMILES string of the molecule is NNc1ccc(Cl)cc1C(=O)NCc1ccccc1. The number of nitrogen functional groups attached to an aromatic ring is 1. The molecule has 0 aliphatic rings. The van der Waals surface area contributed by atoms with Crippen LogP contribution >= 0.6 is 11.6 Å². The van der Waals surface area contributed by atoms with E-state index in [0.29, 0.717) is 22.8 Å². The number of hydrogen-bond acceptors (Lipinski definition) is 3. The van der Waals surface area contributed by atoms with Crippen LogP contribution in [0.1, 0.15) is 15.9 Å². The minimum absolute atomic E-state index is 0.223. The van der Waals surface area contributed by atoms with Crippen LogP contribution in [0.25, 0.3) is 0 Å². The normalized spacial score (nSPS) is 10.0. The maximum Gasteiger partial charge on any atom is 0.253 e. The molecule has 2 aromatic carbocycles. The van der Waals surface area contributed by atoms with Gasteiger partial charge in [-0.05, 0) is 23.8 Å². The number of carbonyl (C=O) groups excluding carboxylic acids is 1. The summed E-state index contributed by atoms with van der Waals surface area (Å²) in [5.74, 6) is 5.15. The average molecular weight is 276 g/mol. The van der Waals surface area contributed by atoms with E-state index in [9.17, 15) is 4.79 Å². The molecule has 0 spiro atoms. The van der Waals surface area contributed by atoms with Gasteiger partial charge >= 0.3 is 0 Å². The molecule has 2 rings (SSSR count). The first-order chi connectivity index (χ1) is 9.20. The Morgan fingerprint density at radius 2 is 1.89 bits per heavy atom. The van der Waals surface area contributed by atoms with Crippen molar-refractivity contribution < 1.29 is 4.79 Å². The van der Waals surface area contributed by atoms with Gasteiger partial charge in [0.2, 0.25) is 0 Å². The molecular weight excluding hydrogens is 262 g/mol. The zero-order chi connectivity index (χ0) is 13.7. The molecule has 19 heavy (non-hydrogen) atoms. The van der Waals surface area contributed by atoms with Crippen molar-refractivity contribution in [2.75, 3.05) is 5.43 Å². The third-order valence-corrected chi connectivity index (χ3v) is 2.91. The van der Waals surface area contributed by atoms with Crippen molar-refractivity contribution in [1.82, 2.24) is 5.32 Å². The highest BCUT2D eigenvalue weighted by atomic mass is 35.5. The summed E-state index contributed by atoms with van der Waals surface area (Å²) in [4.78, 5) is 12.1. The molecule has 1 amide bonds. The van der Waals surface area contributed by atoms with Crippen molar-refractivity contribution in [3.8, 4) is 0 Å². The Labute approximate surface area is 116 Å². The van der Waals surface area contributed by atoms with Crippen molar-refractivity contribution in [2.45, 2.75) is 6.54 Å². The maximum absolute atomic E-state index is 12.1. The Morgan fingerprint density at radius 3 is 2.58 bits per heavy atom. The van der Waals surface area contributed by atoms with Gasteiger partial charge in [0.05, 0.1) is 11.3 Å². The summed E-state index contributed by atoms with van der Waals surface area (Å²) in [5.41, 5.74) is 4.47. The predicted octanol–water partition coefficient (Wildman–Crippen LogP) is 2.56. The van der Waals surface area contributed by atoms with Gasteiger partial charge in [0.1, 0.15) is 0 Å². The Balaban J connectivity index is 2.10. The number of anilines is 1. The van der Waals surface area contributed by atoms with E-state index >= 15 is 0 Å². The number of carbonyl (C=O) groups is 1. The van der Waals surface area contributed by atoms with Crippen LogP contribution in [-0.4, -0.2) is 5.91 Å². The van der Waals surface area contributed by atoms with E-state index in [0.717, 1.165) is 5.56 Å². The zero-order valence-electron chi connectivity index (χ0n) is 10.2. The van der Waals surface area contributed by atoms with Crippen molar-refractivity contribution in [3.63, 3.8) is 0 Å². The predicted molar refractivity (Wildman–Crippen MR) is 76.9 cm³/mol. The number of nitrogens with one attached hydrogen (secondary N) is 2. The number of benzene rings is 2. The van der Waals surface area contributed by atoms with Crippen LogP contribution in [0.3, 0.4) is 0 Å². The summed E-state index contributed by atoms with van der Waals surface area (Å²) < 4.78 is 0. The summed E-state index contributed by atoms with van der Waals surface area (Å²) in [6, 6.07) is 14.6. The van der Waals surface area contributed by atoms with Crippen LogP contribution in [0.4, 0.5) is 5.69 Å². The quantitative estimate of drug-likeness (QED) is 0.593. The maximum atomic E-state index is 12.1. The summed E-state index contributed by atoms with van der Waals surface area (Å²) in [6.07, 6.45) is 0. The van der Waals surface area contributed by atoms with Crippen molar-refractivity contribution in [1.29, 1.82) is 0 Å². The molecule has 0 aromatic heterocycles. The minimum atomic E-state index is -0.223. The van der Waals surface area contributed by atoms with Gasteiger partial charge in [-0.1, -0.05) is 41.9 Å². The largest absolute Gasteiger partial charge is 0.348 e. The fourth-order valence-electron chi connectivity index (χ4n) is 1.70. The molecule has 0 atom stereocenters. The third-order valence-electron chi connectivity index (χ3n) is 2.68. The molecule has 5 heteroatoms. The second kappa shape index (κ2) is 6.22. The van der Waals surface area contributed by atoms with Crippen LogP contribution in [0.5, 0.6) is 0 Å². The molecule has 0 heterocycles. The lowest BCUT2D eigenvalue weighted by atomic mass is 10.1. The molecule has 98 valence electrons. The average Bonchev–Trinajstić information content (AvgIpc) is 2.46. The van der Waals surface area contributed by atoms with E-state index in [1.54, 1.807) is 18.2 Å². The first kappa shape index (κ1) is 13.4. The lowest BCUT2D eigenvalue weighted by molar-refractivity contribution is 0.0951. The third kappa shape index (κ3) is 3.47. The summed E-state index contributed by atoms with van der Waals surface area (Å²) in [7, 11) is 0. The number of nitrogens with two attached hydrogens (primary N) is 1. The second-order valence-electron chi connectivity index (χ2n) is 4.00. The topological polar surface area (TPSA) is 67.1 Å². The molecule has 0 bridgehead atoms. The highest BCUT2D eigenvalue weighted by Gasteiger charge is 2.11. The monoisotopic (exact) mass is 275 g/mol. The van der Waals surface area contributed by atoms with E-state index in [4.69, 9.17) is 17.4 Å². The first-order valence-corrected chi connectivity index (χ1v) is 6.17. The minimum Gasteiger partial charge on any atom is -0.348 e. The fraction of sp³-hybridized carbons (Fsp3) is 0.0714. The smallest absolute Gasteiger partial charge is 0.253 e. The Kier molecular flexibility index (Phi) is 4.39. The zero-order valence-corrected chi connectivity index (χ0v) is 10.9. The molecular formula is C14H14ClN3O. The lowest BCUT2D eigenvalue weighted by Crippen LogP contribution is -2.24. The number of rotatable bonds is 4. The van der Waals surface area contributed by atoms with Crippen LogP contribution in [0.15, 0.2) is 48.5 Å². The van der Waals surface area contributed by atoms with Gasteiger partial charge in [0.15, 0.2) is 0 Å². The second-order valence-corrected chi connectivity index (χ2v) is 4.44. The van der Waals surface area contributed by atoms with Crippen LogP contribution in [-0.2, 0) is 6.54 Å². The molecule has 4 N–H and O–H groups in total. The van der Waals surface area contributed by atoms with E-state index in [2.05, 4.69) is 10.7 Å². The van der Waals surface area contributed by atoms with Gasteiger partial charge in [-0.25, -0.2) is 0 Å². The van der Waals surface area contributed by atoms with Gasteiger partial charge < -0.3 is 10.7 Å². The van der Waals surface area contributed by atoms with Gasteiger partial charge in [0.25, 0.3) is 5.91 Å². The summed E-state index contributed by atoms with van der Waals surface area (Å²) >= 11 is 5.89. The molecule has 2 aromatic rings. The van der Waals surface area contributed by atoms with Crippen molar-refractivity contribution in [3.05, 3.63) is 64.7 Å². The summed E-state index contributed by atoms with van der Waals surface area (Å²) in [6.45, 7) is 0.455. The Bertz CT molecular complexity index is 572. The number of hydrazine groups is 1. The molecule has 0 radical (unpaired) electrons. The highest BCUT2D eigenvalue weighted by molar-refractivity contribution is 6.31. The molecule has 0 saturated carbocycles. The molecule has 0 saturated heterocycles. The van der Waals surface area contributed by atoms with Gasteiger partial charge in [-0.3, -0.25) is 10.6 Å². The molecule has 0 unspecified atom stereocenters. The van der Waals surface area contributed by atoms with Gasteiger partial charge in [-0.15, -0.1) is 0 Å². The lowest BCUT2D eigenvalue weighted by Gasteiger charge is -2.10. The van der Waals surface area contributed by atoms with E-state index in [1.165, 1.54) is 0 Å². The summed E-state index contributed by atoms with van der Waals surface area (Å²) in [5, 5.41) is 3.31. The first-order valence-electron chi connectivity index (χ1n) is 5.79. The molecule has 4 nitrogen and oxygen atoms in total. The van der Waals surface area contributed by atoms with E-state index < -0.39 is 0 Å². The molecule has 0 aliphatic carbocycles.